The summed E-state index contributed by atoms with van der Waals surface area (Å²) in [6.45, 7) is 2.16. The molecule has 0 radical (unpaired) electrons. The number of aryl methyl sites for hydroxylation is 1. The number of hydrogen-bond acceptors (Lipinski definition) is 4. The number of hydrogen-bond donors (Lipinski definition) is 1. The molecule has 0 aliphatic rings. The Labute approximate surface area is 156 Å². The lowest BCUT2D eigenvalue weighted by Crippen LogP contribution is -2.26. The van der Waals surface area contributed by atoms with E-state index in [1.807, 2.05) is 5.38 Å². The van der Waals surface area contributed by atoms with Gasteiger partial charge in [-0.1, -0.05) is 43.7 Å². The molecule has 5 nitrogen and oxygen atoms in total. The molecule has 0 saturated heterocycles. The highest BCUT2D eigenvalue weighted by molar-refractivity contribution is 7.14. The Hall–Kier alpha value is -2.73. The Bertz CT molecular complexity index is 928. The predicted molar refractivity (Wildman–Crippen MR) is 105 cm³/mol. The van der Waals surface area contributed by atoms with Gasteiger partial charge in [-0.05, 0) is 24.5 Å². The topological polar surface area (TPSA) is 64.0 Å². The summed E-state index contributed by atoms with van der Waals surface area (Å²) in [5, 5.41) is 5.21. The monoisotopic (exact) mass is 367 g/mol. The highest BCUT2D eigenvalue weighted by Gasteiger charge is 2.09. The number of carbonyl (C=O) groups excluding carboxylic acids is 1. The molecule has 1 N–H and O–H groups in total. The molecule has 2 aromatic heterocycles. The van der Waals surface area contributed by atoms with Crippen molar-refractivity contribution in [1.29, 1.82) is 0 Å². The van der Waals surface area contributed by atoms with Crippen molar-refractivity contribution in [1.82, 2.24) is 9.55 Å². The van der Waals surface area contributed by atoms with Gasteiger partial charge in [0.15, 0.2) is 5.13 Å². The fourth-order valence-electron chi connectivity index (χ4n) is 2.59. The lowest BCUT2D eigenvalue weighted by molar-refractivity contribution is -0.116. The second-order valence-electron chi connectivity index (χ2n) is 6.05. The van der Waals surface area contributed by atoms with Crippen molar-refractivity contribution in [2.24, 2.45) is 0 Å². The van der Waals surface area contributed by atoms with Crippen LogP contribution in [-0.4, -0.2) is 15.5 Å². The van der Waals surface area contributed by atoms with Crippen LogP contribution in [0, 0.1) is 0 Å². The summed E-state index contributed by atoms with van der Waals surface area (Å²) in [7, 11) is 0. The molecule has 0 saturated carbocycles. The zero-order valence-electron chi connectivity index (χ0n) is 14.6. The minimum atomic E-state index is -0.269. The van der Waals surface area contributed by atoms with Gasteiger partial charge in [0.1, 0.15) is 6.54 Å². The van der Waals surface area contributed by atoms with Crippen molar-refractivity contribution in [2.45, 2.75) is 32.7 Å². The molecule has 6 heteroatoms. The summed E-state index contributed by atoms with van der Waals surface area (Å²) >= 11 is 1.38. The molecule has 0 atom stereocenters. The molecule has 134 valence electrons. The molecular weight excluding hydrogens is 346 g/mol. The van der Waals surface area contributed by atoms with Gasteiger partial charge in [0, 0.05) is 23.2 Å². The average Bonchev–Trinajstić information content (AvgIpc) is 3.10. The molecule has 2 heterocycles. The number of rotatable bonds is 7. The van der Waals surface area contributed by atoms with Crippen LogP contribution in [0.3, 0.4) is 0 Å². The predicted octanol–water partition coefficient (Wildman–Crippen LogP) is 3.95. The van der Waals surface area contributed by atoms with Gasteiger partial charge < -0.3 is 9.88 Å². The summed E-state index contributed by atoms with van der Waals surface area (Å²) < 4.78 is 1.36. The zero-order chi connectivity index (χ0) is 18.4. The minimum absolute atomic E-state index is 0.0271. The summed E-state index contributed by atoms with van der Waals surface area (Å²) in [6, 6.07) is 13.2. The zero-order valence-corrected chi connectivity index (χ0v) is 15.5. The second-order valence-corrected chi connectivity index (χ2v) is 6.91. The van der Waals surface area contributed by atoms with Crippen LogP contribution in [0.5, 0.6) is 0 Å². The number of anilines is 1. The van der Waals surface area contributed by atoms with Gasteiger partial charge in [0.2, 0.25) is 5.91 Å². The van der Waals surface area contributed by atoms with Crippen molar-refractivity contribution in [2.75, 3.05) is 5.32 Å². The van der Waals surface area contributed by atoms with Gasteiger partial charge in [-0.15, -0.1) is 11.3 Å². The van der Waals surface area contributed by atoms with Gasteiger partial charge in [-0.2, -0.15) is 0 Å². The molecule has 0 aliphatic heterocycles. The van der Waals surface area contributed by atoms with Crippen molar-refractivity contribution < 1.29 is 4.79 Å². The summed E-state index contributed by atoms with van der Waals surface area (Å²) in [5.41, 5.74) is 2.99. The fourth-order valence-corrected chi connectivity index (χ4v) is 3.33. The number of nitrogens with zero attached hydrogens (tertiary/aromatic N) is 2. The Morgan fingerprint density at radius 2 is 2.00 bits per heavy atom. The molecule has 1 aromatic carbocycles. The Kier molecular flexibility index (Phi) is 5.96. The molecule has 0 unspecified atom stereocenters. The van der Waals surface area contributed by atoms with Gasteiger partial charge >= 0.3 is 0 Å². The van der Waals surface area contributed by atoms with Crippen molar-refractivity contribution in [3.8, 4) is 11.3 Å². The number of pyridine rings is 1. The standard InChI is InChI=1S/C20H21N3O2S/c1-2-3-6-15-8-10-16(11-9-15)17-14-26-20(21-17)22-18(24)13-23-12-5-4-7-19(23)25/h4-5,7-12,14H,2-3,6,13H2,1H3,(H,21,22,24). The van der Waals surface area contributed by atoms with Gasteiger partial charge in [0.25, 0.3) is 5.56 Å². The van der Waals surface area contributed by atoms with Crippen LogP contribution < -0.4 is 10.9 Å². The number of unbranched alkanes of at least 4 members (excludes halogenated alkanes) is 1. The van der Waals surface area contributed by atoms with Crippen LogP contribution in [0.1, 0.15) is 25.3 Å². The first-order valence-electron chi connectivity index (χ1n) is 8.66. The maximum absolute atomic E-state index is 12.1. The summed E-state index contributed by atoms with van der Waals surface area (Å²) in [6.07, 6.45) is 5.06. The maximum Gasteiger partial charge on any atom is 0.250 e. The normalized spacial score (nSPS) is 10.7. The number of carbonyl (C=O) groups is 1. The van der Waals surface area contributed by atoms with E-state index in [0.717, 1.165) is 17.7 Å². The number of thiazole rings is 1. The Morgan fingerprint density at radius 3 is 2.73 bits per heavy atom. The summed E-state index contributed by atoms with van der Waals surface area (Å²) in [4.78, 5) is 28.3. The van der Waals surface area contributed by atoms with E-state index in [9.17, 15) is 9.59 Å². The quantitative estimate of drug-likeness (QED) is 0.688. The van der Waals surface area contributed by atoms with Crippen LogP contribution in [0.25, 0.3) is 11.3 Å². The van der Waals surface area contributed by atoms with Gasteiger partial charge in [0.05, 0.1) is 5.69 Å². The molecule has 26 heavy (non-hydrogen) atoms. The van der Waals surface area contributed by atoms with Crippen LogP contribution in [0.4, 0.5) is 5.13 Å². The van der Waals surface area contributed by atoms with Gasteiger partial charge in [-0.25, -0.2) is 4.98 Å². The van der Waals surface area contributed by atoms with Crippen LogP contribution in [-0.2, 0) is 17.8 Å². The molecular formula is C20H21N3O2S. The van der Waals surface area contributed by atoms with Crippen molar-refractivity contribution >= 4 is 22.4 Å². The SMILES string of the molecule is CCCCc1ccc(-c2csc(NC(=O)Cn3ccccc3=O)n2)cc1. The lowest BCUT2D eigenvalue weighted by atomic mass is 10.1. The molecule has 0 aliphatic carbocycles. The molecule has 3 rings (SSSR count). The maximum atomic E-state index is 12.1. The van der Waals surface area contributed by atoms with Gasteiger partial charge in [-0.3, -0.25) is 9.59 Å². The minimum Gasteiger partial charge on any atom is -0.306 e. The highest BCUT2D eigenvalue weighted by atomic mass is 32.1. The van der Waals surface area contributed by atoms with Crippen LogP contribution in [0.15, 0.2) is 58.8 Å². The number of aromatic nitrogens is 2. The Morgan fingerprint density at radius 1 is 1.19 bits per heavy atom. The Balaban J connectivity index is 1.63. The fraction of sp³-hybridized carbons (Fsp3) is 0.250. The van der Waals surface area contributed by atoms with E-state index < -0.39 is 0 Å². The number of amides is 1. The molecule has 0 fully saturated rings. The van der Waals surface area contributed by atoms with Crippen molar-refractivity contribution in [3.05, 3.63) is 70.0 Å². The van der Waals surface area contributed by atoms with Crippen LogP contribution in [0.2, 0.25) is 0 Å². The first-order valence-corrected chi connectivity index (χ1v) is 9.54. The summed E-state index contributed by atoms with van der Waals surface area (Å²) in [5.74, 6) is -0.269. The third-order valence-corrected chi connectivity index (χ3v) is 4.79. The second kappa shape index (κ2) is 8.58. The van der Waals surface area contributed by atoms with E-state index in [1.165, 1.54) is 40.4 Å². The molecule has 3 aromatic rings. The number of benzene rings is 1. The third-order valence-electron chi connectivity index (χ3n) is 4.03. The van der Waals surface area contributed by atoms with E-state index in [1.54, 1.807) is 18.3 Å². The van der Waals surface area contributed by atoms with E-state index in [-0.39, 0.29) is 18.0 Å². The van der Waals surface area contributed by atoms with E-state index >= 15 is 0 Å². The van der Waals surface area contributed by atoms with E-state index in [2.05, 4.69) is 41.5 Å². The van der Waals surface area contributed by atoms with Crippen LogP contribution >= 0.6 is 11.3 Å². The van der Waals surface area contributed by atoms with Crippen molar-refractivity contribution in [3.63, 3.8) is 0 Å². The third kappa shape index (κ3) is 4.67. The first-order chi connectivity index (χ1) is 12.7. The van der Waals surface area contributed by atoms with E-state index in [4.69, 9.17) is 0 Å². The first kappa shape index (κ1) is 18.1. The lowest BCUT2D eigenvalue weighted by Gasteiger charge is -2.04. The van der Waals surface area contributed by atoms with E-state index in [0.29, 0.717) is 5.13 Å². The smallest absolute Gasteiger partial charge is 0.250 e. The highest BCUT2D eigenvalue weighted by Crippen LogP contribution is 2.25. The number of nitrogens with one attached hydrogen (secondary N) is 1. The largest absolute Gasteiger partial charge is 0.306 e. The average molecular weight is 367 g/mol. The molecule has 0 spiro atoms. The molecule has 1 amide bonds. The molecule has 0 bridgehead atoms.